The van der Waals surface area contributed by atoms with Gasteiger partial charge in [-0.25, -0.2) is 0 Å². The van der Waals surface area contributed by atoms with Crippen molar-refractivity contribution < 1.29 is 5.11 Å². The summed E-state index contributed by atoms with van der Waals surface area (Å²) in [5, 5.41) is 13.3. The number of rotatable bonds is 1. The van der Waals surface area contributed by atoms with Crippen LogP contribution in [0.5, 0.6) is 0 Å². The number of benzene rings is 1. The van der Waals surface area contributed by atoms with Crippen molar-refractivity contribution in [1.29, 1.82) is 0 Å². The van der Waals surface area contributed by atoms with Crippen LogP contribution in [0.4, 0.5) is 0 Å². The predicted molar refractivity (Wildman–Crippen MR) is 71.0 cm³/mol. The van der Waals surface area contributed by atoms with Crippen LogP contribution in [0.15, 0.2) is 30.3 Å². The topological polar surface area (TPSA) is 32.3 Å². The molecule has 1 fully saturated rings. The van der Waals surface area contributed by atoms with Crippen molar-refractivity contribution in [3.8, 4) is 0 Å². The van der Waals surface area contributed by atoms with Crippen molar-refractivity contribution in [2.45, 2.75) is 25.9 Å². The van der Waals surface area contributed by atoms with E-state index in [9.17, 15) is 5.11 Å². The molecule has 0 spiro atoms. The number of halogens is 1. The first-order chi connectivity index (χ1) is 7.81. The molecule has 0 amide bonds. The summed E-state index contributed by atoms with van der Waals surface area (Å²) in [7, 11) is 0. The molecule has 1 aliphatic rings. The molecule has 0 bridgehead atoms. The molecule has 1 heterocycles. The molecule has 0 radical (unpaired) electrons. The van der Waals surface area contributed by atoms with Crippen LogP contribution in [0, 0.1) is 0 Å². The second-order valence-corrected chi connectivity index (χ2v) is 3.32. The molecule has 2 N–H and O–H groups in total. The van der Waals surface area contributed by atoms with Gasteiger partial charge in [0.1, 0.15) is 5.60 Å². The Bertz CT molecular complexity index is 258. The van der Waals surface area contributed by atoms with Gasteiger partial charge in [0.2, 0.25) is 0 Å². The maximum absolute atomic E-state index is 10.1. The Morgan fingerprint density at radius 3 is 2.19 bits per heavy atom. The average Bonchev–Trinajstić information content (AvgIpc) is 2.84. The third-order valence-electron chi connectivity index (χ3n) is 2.44. The molecule has 2 rings (SSSR count). The fraction of sp³-hybridized carbons (Fsp3) is 0.538. The smallest absolute Gasteiger partial charge is 0.103 e. The highest BCUT2D eigenvalue weighted by atomic mass is 35.5. The summed E-state index contributed by atoms with van der Waals surface area (Å²) in [6.45, 7) is 5.59. The predicted octanol–water partition coefficient (Wildman–Crippen LogP) is 2.75. The number of nitrogens with one attached hydrogen (secondary N) is 1. The van der Waals surface area contributed by atoms with Crippen molar-refractivity contribution in [2.75, 3.05) is 19.5 Å². The third kappa shape index (κ3) is 4.12. The van der Waals surface area contributed by atoms with Crippen molar-refractivity contribution in [1.82, 2.24) is 5.32 Å². The van der Waals surface area contributed by atoms with Gasteiger partial charge in [0, 0.05) is 12.9 Å². The molecule has 1 aromatic carbocycles. The van der Waals surface area contributed by atoms with E-state index in [1.807, 2.05) is 44.2 Å². The van der Waals surface area contributed by atoms with Crippen LogP contribution in [0.3, 0.4) is 0 Å². The third-order valence-corrected chi connectivity index (χ3v) is 2.44. The largest absolute Gasteiger partial charge is 0.384 e. The summed E-state index contributed by atoms with van der Waals surface area (Å²) in [4.78, 5) is 0. The van der Waals surface area contributed by atoms with Crippen LogP contribution in [0.1, 0.15) is 25.8 Å². The number of hydrogen-bond acceptors (Lipinski definition) is 2. The summed E-state index contributed by atoms with van der Waals surface area (Å²) in [6.07, 6.45) is 2.29. The standard InChI is InChI=1S/C10H13NO.C2H6.CH3Cl/c12-10(6-7-11-8-10)9-4-2-1-3-5-9;2*1-2/h1-5,11-12H,6-8H2;1-2H3;1H3. The first-order valence-corrected chi connectivity index (χ1v) is 6.43. The van der Waals surface area contributed by atoms with Crippen LogP contribution in [-0.4, -0.2) is 24.6 Å². The SMILES string of the molecule is CC.CCl.OC1(c2ccccc2)CCNC1. The molecular formula is C13H22ClNO. The lowest BCUT2D eigenvalue weighted by Gasteiger charge is -2.21. The van der Waals surface area contributed by atoms with Crippen LogP contribution >= 0.6 is 11.6 Å². The summed E-state index contributed by atoms with van der Waals surface area (Å²) < 4.78 is 0. The number of aliphatic hydroxyl groups is 1. The van der Waals surface area contributed by atoms with E-state index in [0.717, 1.165) is 18.5 Å². The van der Waals surface area contributed by atoms with Crippen molar-refractivity contribution in [3.05, 3.63) is 35.9 Å². The number of alkyl halides is 1. The van der Waals surface area contributed by atoms with Gasteiger partial charge in [-0.05, 0) is 18.5 Å². The fourth-order valence-electron chi connectivity index (χ4n) is 1.67. The van der Waals surface area contributed by atoms with Crippen LogP contribution in [-0.2, 0) is 5.60 Å². The molecule has 1 aliphatic heterocycles. The van der Waals surface area contributed by atoms with Gasteiger partial charge < -0.3 is 10.4 Å². The Labute approximate surface area is 104 Å². The number of β-amino-alcohol motifs (C(OH)–C–C–N with tert-alkyl or cyclic N) is 1. The van der Waals surface area contributed by atoms with E-state index in [2.05, 4.69) is 16.9 Å². The first-order valence-electron chi connectivity index (χ1n) is 5.68. The van der Waals surface area contributed by atoms with E-state index < -0.39 is 5.60 Å². The second-order valence-electron chi connectivity index (χ2n) is 3.32. The maximum atomic E-state index is 10.1. The Balaban J connectivity index is 0.000000509. The summed E-state index contributed by atoms with van der Waals surface area (Å²) in [6, 6.07) is 9.85. The lowest BCUT2D eigenvalue weighted by molar-refractivity contribution is 0.0587. The van der Waals surface area contributed by atoms with Gasteiger partial charge in [0.05, 0.1) is 0 Å². The minimum absolute atomic E-state index is 0.624. The van der Waals surface area contributed by atoms with E-state index in [-0.39, 0.29) is 0 Å². The van der Waals surface area contributed by atoms with E-state index >= 15 is 0 Å². The van der Waals surface area contributed by atoms with Gasteiger partial charge in [0.25, 0.3) is 0 Å². The highest BCUT2D eigenvalue weighted by Gasteiger charge is 2.32. The second kappa shape index (κ2) is 8.57. The quantitative estimate of drug-likeness (QED) is 0.744. The van der Waals surface area contributed by atoms with Gasteiger partial charge >= 0.3 is 0 Å². The summed E-state index contributed by atoms with van der Waals surface area (Å²) in [5.74, 6) is 0. The molecule has 0 saturated carbocycles. The molecule has 1 atom stereocenters. The Morgan fingerprint density at radius 2 is 1.75 bits per heavy atom. The van der Waals surface area contributed by atoms with E-state index in [1.54, 1.807) is 0 Å². The molecule has 1 unspecified atom stereocenters. The molecular weight excluding hydrogens is 222 g/mol. The van der Waals surface area contributed by atoms with Crippen molar-refractivity contribution in [3.63, 3.8) is 0 Å². The molecule has 1 saturated heterocycles. The lowest BCUT2D eigenvalue weighted by Crippen LogP contribution is -2.27. The van der Waals surface area contributed by atoms with Crippen LogP contribution in [0.25, 0.3) is 0 Å². The zero-order chi connectivity index (χ0) is 12.4. The Morgan fingerprint density at radius 1 is 1.19 bits per heavy atom. The zero-order valence-electron chi connectivity index (χ0n) is 10.3. The van der Waals surface area contributed by atoms with Crippen LogP contribution < -0.4 is 5.32 Å². The van der Waals surface area contributed by atoms with Crippen molar-refractivity contribution >= 4 is 11.6 Å². The minimum atomic E-state index is -0.624. The van der Waals surface area contributed by atoms with E-state index in [4.69, 9.17) is 0 Å². The molecule has 16 heavy (non-hydrogen) atoms. The molecule has 3 heteroatoms. The number of hydrogen-bond donors (Lipinski definition) is 2. The van der Waals surface area contributed by atoms with Crippen LogP contribution in [0.2, 0.25) is 0 Å². The lowest BCUT2D eigenvalue weighted by atomic mass is 9.93. The van der Waals surface area contributed by atoms with Gasteiger partial charge in [-0.15, -0.1) is 11.6 Å². The fourth-order valence-corrected chi connectivity index (χ4v) is 1.67. The highest BCUT2D eigenvalue weighted by molar-refractivity contribution is 6.15. The maximum Gasteiger partial charge on any atom is 0.103 e. The molecule has 1 aromatic rings. The molecule has 92 valence electrons. The average molecular weight is 244 g/mol. The van der Waals surface area contributed by atoms with E-state index in [0.29, 0.717) is 6.54 Å². The molecule has 2 nitrogen and oxygen atoms in total. The Kier molecular flexibility index (Phi) is 8.26. The summed E-state index contributed by atoms with van der Waals surface area (Å²) >= 11 is 4.64. The monoisotopic (exact) mass is 243 g/mol. The van der Waals surface area contributed by atoms with Gasteiger partial charge in [0.15, 0.2) is 0 Å². The first kappa shape index (κ1) is 15.4. The normalized spacial score (nSPS) is 22.6. The van der Waals surface area contributed by atoms with Gasteiger partial charge in [-0.2, -0.15) is 0 Å². The van der Waals surface area contributed by atoms with Crippen molar-refractivity contribution in [2.24, 2.45) is 0 Å². The van der Waals surface area contributed by atoms with Gasteiger partial charge in [-0.3, -0.25) is 0 Å². The molecule has 0 aromatic heterocycles. The van der Waals surface area contributed by atoms with E-state index in [1.165, 1.54) is 6.38 Å². The Hall–Kier alpha value is -0.570. The zero-order valence-corrected chi connectivity index (χ0v) is 11.1. The highest BCUT2D eigenvalue weighted by Crippen LogP contribution is 2.26. The molecule has 0 aliphatic carbocycles. The van der Waals surface area contributed by atoms with Gasteiger partial charge in [-0.1, -0.05) is 44.2 Å². The minimum Gasteiger partial charge on any atom is -0.384 e. The summed E-state index contributed by atoms with van der Waals surface area (Å²) in [5.41, 5.74) is 0.399.